The second-order valence-corrected chi connectivity index (χ2v) is 3.58. The van der Waals surface area contributed by atoms with E-state index < -0.39 is 56.3 Å². The molecule has 0 rings (SSSR count). The average molecular weight is 270 g/mol. The van der Waals surface area contributed by atoms with Gasteiger partial charge in [-0.05, 0) is 0 Å². The predicted molar refractivity (Wildman–Crippen MR) is 54.9 cm³/mol. The van der Waals surface area contributed by atoms with E-state index >= 15 is 0 Å². The standard InChI is InChI=1S/C9H18O9/c10-2-1-5(13)18-9(17)8(16)7(15)6(14)4(12)3-11/h4,6-12,14-17H,1-3H2/t4-,6-,7+,8-,9?/m1/s1. The molecule has 5 atom stereocenters. The lowest BCUT2D eigenvalue weighted by molar-refractivity contribution is -0.214. The van der Waals surface area contributed by atoms with Crippen molar-refractivity contribution in [1.29, 1.82) is 0 Å². The maximum atomic E-state index is 10.9. The van der Waals surface area contributed by atoms with Gasteiger partial charge in [0.2, 0.25) is 6.29 Å². The zero-order chi connectivity index (χ0) is 14.3. The molecule has 9 nitrogen and oxygen atoms in total. The Balaban J connectivity index is 4.35. The van der Waals surface area contributed by atoms with Gasteiger partial charge in [-0.1, -0.05) is 0 Å². The highest BCUT2D eigenvalue weighted by Crippen LogP contribution is 2.10. The first kappa shape index (κ1) is 17.2. The number of hydrogen-bond acceptors (Lipinski definition) is 9. The third-order valence-electron chi connectivity index (χ3n) is 2.14. The van der Waals surface area contributed by atoms with Crippen molar-refractivity contribution in [2.24, 2.45) is 0 Å². The van der Waals surface area contributed by atoms with Crippen molar-refractivity contribution in [2.75, 3.05) is 13.2 Å². The largest absolute Gasteiger partial charge is 0.433 e. The Kier molecular flexibility index (Phi) is 7.95. The van der Waals surface area contributed by atoms with E-state index in [0.29, 0.717) is 0 Å². The van der Waals surface area contributed by atoms with Crippen LogP contribution in [0.1, 0.15) is 6.42 Å². The Morgan fingerprint density at radius 2 is 1.50 bits per heavy atom. The molecule has 0 aromatic heterocycles. The summed E-state index contributed by atoms with van der Waals surface area (Å²) in [5.41, 5.74) is 0. The van der Waals surface area contributed by atoms with E-state index in [0.717, 1.165) is 0 Å². The lowest BCUT2D eigenvalue weighted by Gasteiger charge is -2.27. The summed E-state index contributed by atoms with van der Waals surface area (Å²) in [4.78, 5) is 10.9. The van der Waals surface area contributed by atoms with Crippen LogP contribution >= 0.6 is 0 Å². The zero-order valence-electron chi connectivity index (χ0n) is 9.46. The maximum Gasteiger partial charge on any atom is 0.310 e. The molecule has 0 spiro atoms. The molecule has 0 heterocycles. The zero-order valence-corrected chi connectivity index (χ0v) is 9.46. The fourth-order valence-corrected chi connectivity index (χ4v) is 1.06. The first-order chi connectivity index (χ1) is 8.34. The van der Waals surface area contributed by atoms with Crippen LogP contribution in [0.25, 0.3) is 0 Å². The van der Waals surface area contributed by atoms with E-state index in [-0.39, 0.29) is 0 Å². The van der Waals surface area contributed by atoms with Crippen molar-refractivity contribution >= 4 is 5.97 Å². The predicted octanol–water partition coefficient (Wildman–Crippen LogP) is -4.33. The molecule has 7 N–H and O–H groups in total. The van der Waals surface area contributed by atoms with Crippen LogP contribution in [-0.2, 0) is 9.53 Å². The summed E-state index contributed by atoms with van der Waals surface area (Å²) in [5.74, 6) is -1.02. The van der Waals surface area contributed by atoms with E-state index in [1.807, 2.05) is 0 Å². The van der Waals surface area contributed by atoms with Crippen molar-refractivity contribution in [3.63, 3.8) is 0 Å². The molecule has 0 aromatic rings. The van der Waals surface area contributed by atoms with Crippen LogP contribution in [0.3, 0.4) is 0 Å². The number of esters is 1. The molecule has 0 aliphatic rings. The molecule has 9 heteroatoms. The number of carbonyl (C=O) groups is 1. The number of aliphatic hydroxyl groups excluding tert-OH is 7. The number of hydrogen-bond donors (Lipinski definition) is 7. The van der Waals surface area contributed by atoms with Crippen LogP contribution < -0.4 is 0 Å². The van der Waals surface area contributed by atoms with Crippen LogP contribution in [0, 0.1) is 0 Å². The fraction of sp³-hybridized carbons (Fsp3) is 0.889. The molecule has 0 aliphatic heterocycles. The van der Waals surface area contributed by atoms with Gasteiger partial charge < -0.3 is 40.5 Å². The van der Waals surface area contributed by atoms with Crippen LogP contribution in [0.2, 0.25) is 0 Å². The minimum absolute atomic E-state index is 0.415. The second-order valence-electron chi connectivity index (χ2n) is 3.58. The van der Waals surface area contributed by atoms with Crippen LogP contribution in [0.4, 0.5) is 0 Å². The van der Waals surface area contributed by atoms with Gasteiger partial charge in [0, 0.05) is 0 Å². The molecule has 0 fully saturated rings. The van der Waals surface area contributed by atoms with Crippen molar-refractivity contribution in [3.05, 3.63) is 0 Å². The lowest BCUT2D eigenvalue weighted by Crippen LogP contribution is -2.50. The molecule has 18 heavy (non-hydrogen) atoms. The number of carbonyl (C=O) groups excluding carboxylic acids is 1. The highest BCUT2D eigenvalue weighted by Gasteiger charge is 2.35. The highest BCUT2D eigenvalue weighted by atomic mass is 16.6. The summed E-state index contributed by atoms with van der Waals surface area (Å²) in [6, 6.07) is 0. The molecule has 0 aliphatic carbocycles. The van der Waals surface area contributed by atoms with E-state index in [1.165, 1.54) is 0 Å². The molecule has 0 bridgehead atoms. The molecule has 0 saturated heterocycles. The Labute approximate surface area is 102 Å². The summed E-state index contributed by atoms with van der Waals surface area (Å²) in [7, 11) is 0. The third kappa shape index (κ3) is 5.23. The second kappa shape index (κ2) is 8.32. The average Bonchev–Trinajstić information content (AvgIpc) is 2.35. The summed E-state index contributed by atoms with van der Waals surface area (Å²) < 4.78 is 4.23. The van der Waals surface area contributed by atoms with Gasteiger partial charge in [-0.3, -0.25) is 4.79 Å². The SMILES string of the molecule is O=C(CCO)OC(O)[C@H](O)[C@@H](O)[C@H](O)[C@H](O)CO. The van der Waals surface area contributed by atoms with Gasteiger partial charge in [0.15, 0.2) is 0 Å². The van der Waals surface area contributed by atoms with Crippen LogP contribution in [0.15, 0.2) is 0 Å². The summed E-state index contributed by atoms with van der Waals surface area (Å²) in [5, 5.41) is 63.0. The monoisotopic (exact) mass is 270 g/mol. The Morgan fingerprint density at radius 3 is 1.94 bits per heavy atom. The molecule has 108 valence electrons. The Morgan fingerprint density at radius 1 is 0.944 bits per heavy atom. The van der Waals surface area contributed by atoms with Gasteiger partial charge in [-0.25, -0.2) is 0 Å². The summed E-state index contributed by atoms with van der Waals surface area (Å²) >= 11 is 0. The normalized spacial score (nSPS) is 19.7. The Hall–Kier alpha value is -0.810. The number of rotatable bonds is 8. The third-order valence-corrected chi connectivity index (χ3v) is 2.14. The van der Waals surface area contributed by atoms with Gasteiger partial charge in [0.25, 0.3) is 0 Å². The minimum Gasteiger partial charge on any atom is -0.433 e. The highest BCUT2D eigenvalue weighted by molar-refractivity contribution is 5.69. The van der Waals surface area contributed by atoms with Crippen molar-refractivity contribution in [2.45, 2.75) is 37.1 Å². The lowest BCUT2D eigenvalue weighted by atomic mass is 10.0. The van der Waals surface area contributed by atoms with E-state index in [1.54, 1.807) is 0 Å². The van der Waals surface area contributed by atoms with Crippen LogP contribution in [0.5, 0.6) is 0 Å². The first-order valence-corrected chi connectivity index (χ1v) is 5.16. The van der Waals surface area contributed by atoms with E-state index in [9.17, 15) is 25.2 Å². The number of ether oxygens (including phenoxy) is 1. The van der Waals surface area contributed by atoms with Gasteiger partial charge >= 0.3 is 5.97 Å². The van der Waals surface area contributed by atoms with Crippen LogP contribution in [-0.4, -0.2) is 85.6 Å². The molecule has 0 radical (unpaired) electrons. The Bertz CT molecular complexity index is 246. The molecule has 0 amide bonds. The van der Waals surface area contributed by atoms with E-state index in [4.69, 9.17) is 15.3 Å². The molecule has 1 unspecified atom stereocenters. The van der Waals surface area contributed by atoms with E-state index in [2.05, 4.69) is 4.74 Å². The summed E-state index contributed by atoms with van der Waals surface area (Å²) in [6.45, 7) is -1.39. The maximum absolute atomic E-state index is 10.9. The van der Waals surface area contributed by atoms with Crippen molar-refractivity contribution in [1.82, 2.24) is 0 Å². The molecule has 0 aromatic carbocycles. The summed E-state index contributed by atoms with van der Waals surface area (Å²) in [6.07, 6.45) is -10.3. The quantitative estimate of drug-likeness (QED) is 0.170. The number of aliphatic hydroxyl groups is 7. The van der Waals surface area contributed by atoms with Crippen molar-refractivity contribution < 1.29 is 45.3 Å². The van der Waals surface area contributed by atoms with Gasteiger partial charge in [-0.2, -0.15) is 0 Å². The first-order valence-electron chi connectivity index (χ1n) is 5.16. The fourth-order valence-electron chi connectivity index (χ4n) is 1.06. The van der Waals surface area contributed by atoms with Gasteiger partial charge in [0.1, 0.15) is 24.4 Å². The minimum atomic E-state index is -2.14. The smallest absolute Gasteiger partial charge is 0.310 e. The van der Waals surface area contributed by atoms with Crippen molar-refractivity contribution in [3.8, 4) is 0 Å². The topological polar surface area (TPSA) is 168 Å². The van der Waals surface area contributed by atoms with Gasteiger partial charge in [0.05, 0.1) is 19.6 Å². The molecular formula is C9H18O9. The van der Waals surface area contributed by atoms with Gasteiger partial charge in [-0.15, -0.1) is 0 Å². The molecular weight excluding hydrogens is 252 g/mol. The molecule has 0 saturated carbocycles.